The van der Waals surface area contributed by atoms with Crippen LogP contribution in [-0.2, 0) is 0 Å². The Hall–Kier alpha value is -1.75. The van der Waals surface area contributed by atoms with Gasteiger partial charge in [0.25, 0.3) is 0 Å². The first-order chi connectivity index (χ1) is 7.90. The number of nitrogens with one attached hydrogen (secondary N) is 1. The van der Waals surface area contributed by atoms with Crippen molar-refractivity contribution in [2.24, 2.45) is 0 Å². The van der Waals surface area contributed by atoms with Crippen molar-refractivity contribution in [3.8, 4) is 5.75 Å². The van der Waals surface area contributed by atoms with Gasteiger partial charge in [0.05, 0.1) is 0 Å². The van der Waals surface area contributed by atoms with E-state index in [0.29, 0.717) is 5.75 Å². The number of anilines is 1. The zero-order chi connectivity index (χ0) is 13.0. The molecule has 0 saturated heterocycles. The number of hydrazine groups is 1. The molecule has 0 bridgehead atoms. The molecule has 1 aromatic rings. The number of rotatable bonds is 3. The Bertz CT molecular complexity index is 403. The fraction of sp³-hybridized carbons (Fsp3) is 0.417. The molecule has 0 aliphatic carbocycles. The minimum absolute atomic E-state index is 0.492. The lowest BCUT2D eigenvalue weighted by molar-refractivity contribution is 0.171. The highest BCUT2D eigenvalue weighted by Crippen LogP contribution is 2.24. The Balaban J connectivity index is 2.82. The van der Waals surface area contributed by atoms with Crippen LogP contribution in [-0.4, -0.2) is 39.3 Å². The van der Waals surface area contributed by atoms with E-state index in [1.54, 1.807) is 14.1 Å². The molecule has 5 heteroatoms. The predicted octanol–water partition coefficient (Wildman–Crippen LogP) is 1.63. The molecular weight excluding hydrogens is 218 g/mol. The third-order valence-corrected chi connectivity index (χ3v) is 2.21. The van der Waals surface area contributed by atoms with Gasteiger partial charge in [-0.1, -0.05) is 6.07 Å². The average Bonchev–Trinajstić information content (AvgIpc) is 2.19. The molecule has 1 amide bonds. The summed E-state index contributed by atoms with van der Waals surface area (Å²) in [7, 11) is 7.33. The summed E-state index contributed by atoms with van der Waals surface area (Å²) >= 11 is 0. The Kier molecular flexibility index (Phi) is 4.34. The molecule has 94 valence electrons. The van der Waals surface area contributed by atoms with Gasteiger partial charge in [-0.2, -0.15) is 0 Å². The van der Waals surface area contributed by atoms with Crippen LogP contribution in [0.1, 0.15) is 5.56 Å². The summed E-state index contributed by atoms with van der Waals surface area (Å²) in [4.78, 5) is 13.4. The zero-order valence-corrected chi connectivity index (χ0v) is 10.9. The van der Waals surface area contributed by atoms with Crippen molar-refractivity contribution in [1.82, 2.24) is 10.4 Å². The van der Waals surface area contributed by atoms with E-state index in [0.717, 1.165) is 11.3 Å². The first-order valence-electron chi connectivity index (χ1n) is 5.34. The van der Waals surface area contributed by atoms with Gasteiger partial charge in [-0.3, -0.25) is 5.43 Å². The second-order valence-corrected chi connectivity index (χ2v) is 4.24. The number of amides is 1. The molecule has 0 unspecified atom stereocenters. The maximum atomic E-state index is 11.5. The Morgan fingerprint density at radius 2 is 1.88 bits per heavy atom. The summed E-state index contributed by atoms with van der Waals surface area (Å²) in [6.45, 7) is 1.90. The molecule has 0 aromatic heterocycles. The highest BCUT2D eigenvalue weighted by Gasteiger charge is 2.09. The zero-order valence-electron chi connectivity index (χ0n) is 10.9. The van der Waals surface area contributed by atoms with Crippen LogP contribution < -0.4 is 15.1 Å². The summed E-state index contributed by atoms with van der Waals surface area (Å²) in [5.41, 5.74) is 4.44. The van der Waals surface area contributed by atoms with Crippen LogP contribution >= 0.6 is 0 Å². The van der Waals surface area contributed by atoms with E-state index in [1.165, 1.54) is 5.01 Å². The van der Waals surface area contributed by atoms with Crippen LogP contribution in [0, 0.1) is 6.92 Å². The molecule has 1 aromatic carbocycles. The van der Waals surface area contributed by atoms with Crippen LogP contribution in [0.3, 0.4) is 0 Å². The third kappa shape index (κ3) is 3.96. The quantitative estimate of drug-likeness (QED) is 0.811. The molecule has 0 aliphatic rings. The molecule has 0 saturated carbocycles. The average molecular weight is 237 g/mol. The van der Waals surface area contributed by atoms with E-state index in [1.807, 2.05) is 44.1 Å². The highest BCUT2D eigenvalue weighted by atomic mass is 16.6. The van der Waals surface area contributed by atoms with Crippen molar-refractivity contribution in [3.63, 3.8) is 0 Å². The molecule has 0 fully saturated rings. The monoisotopic (exact) mass is 237 g/mol. The van der Waals surface area contributed by atoms with Crippen LogP contribution in [0.25, 0.3) is 0 Å². The van der Waals surface area contributed by atoms with Crippen LogP contribution in [0.15, 0.2) is 18.2 Å². The van der Waals surface area contributed by atoms with Crippen molar-refractivity contribution in [3.05, 3.63) is 23.8 Å². The largest absolute Gasteiger partial charge is 0.427 e. The minimum Gasteiger partial charge on any atom is -0.409 e. The van der Waals surface area contributed by atoms with Gasteiger partial charge < -0.3 is 9.64 Å². The normalized spacial score (nSPS) is 10.2. The molecule has 0 radical (unpaired) electrons. The molecule has 0 heterocycles. The van der Waals surface area contributed by atoms with Crippen LogP contribution in [0.2, 0.25) is 0 Å². The minimum atomic E-state index is -0.492. The molecule has 5 nitrogen and oxygen atoms in total. The van der Waals surface area contributed by atoms with E-state index < -0.39 is 6.09 Å². The van der Waals surface area contributed by atoms with Crippen LogP contribution in [0.4, 0.5) is 10.5 Å². The maximum Gasteiger partial charge on any atom is 0.427 e. The lowest BCUT2D eigenvalue weighted by Gasteiger charge is -2.16. The lowest BCUT2D eigenvalue weighted by atomic mass is 10.2. The fourth-order valence-electron chi connectivity index (χ4n) is 1.28. The number of carbonyl (C=O) groups is 1. The first kappa shape index (κ1) is 13.3. The maximum absolute atomic E-state index is 11.5. The molecule has 0 spiro atoms. The van der Waals surface area contributed by atoms with Crippen molar-refractivity contribution in [2.75, 3.05) is 33.1 Å². The van der Waals surface area contributed by atoms with Gasteiger partial charge in [-0.05, 0) is 18.6 Å². The van der Waals surface area contributed by atoms with Gasteiger partial charge in [-0.25, -0.2) is 9.80 Å². The number of hydrogen-bond acceptors (Lipinski definition) is 4. The fourth-order valence-corrected chi connectivity index (χ4v) is 1.28. The third-order valence-electron chi connectivity index (χ3n) is 2.21. The van der Waals surface area contributed by atoms with Crippen molar-refractivity contribution in [1.29, 1.82) is 0 Å². The molecule has 1 rings (SSSR count). The van der Waals surface area contributed by atoms with E-state index in [4.69, 9.17) is 4.74 Å². The van der Waals surface area contributed by atoms with Crippen molar-refractivity contribution < 1.29 is 9.53 Å². The second-order valence-electron chi connectivity index (χ2n) is 4.24. The topological polar surface area (TPSA) is 44.8 Å². The summed E-state index contributed by atoms with van der Waals surface area (Å²) < 4.78 is 5.23. The lowest BCUT2D eigenvalue weighted by Crippen LogP contribution is -2.38. The summed E-state index contributed by atoms with van der Waals surface area (Å²) in [6, 6.07) is 5.74. The summed E-state index contributed by atoms with van der Waals surface area (Å²) in [5.74, 6) is 0.565. The Morgan fingerprint density at radius 1 is 1.24 bits per heavy atom. The first-order valence-corrected chi connectivity index (χ1v) is 5.34. The number of benzene rings is 1. The van der Waals surface area contributed by atoms with Gasteiger partial charge in [-0.15, -0.1) is 0 Å². The van der Waals surface area contributed by atoms with E-state index >= 15 is 0 Å². The SMILES string of the molecule is Cc1ccc(N(C)C)cc1OC(=O)NN(C)C. The number of nitrogens with zero attached hydrogens (tertiary/aromatic N) is 2. The summed E-state index contributed by atoms with van der Waals surface area (Å²) in [6.07, 6.45) is -0.492. The second kappa shape index (κ2) is 5.54. The molecule has 0 atom stereocenters. The van der Waals surface area contributed by atoms with E-state index in [2.05, 4.69) is 5.43 Å². The predicted molar refractivity (Wildman–Crippen MR) is 68.4 cm³/mol. The number of aryl methyl sites for hydroxylation is 1. The number of carbonyl (C=O) groups excluding carboxylic acids is 1. The summed E-state index contributed by atoms with van der Waals surface area (Å²) in [5, 5.41) is 1.54. The van der Waals surface area contributed by atoms with Gasteiger partial charge in [0, 0.05) is 39.9 Å². The molecule has 0 aliphatic heterocycles. The number of hydrogen-bond donors (Lipinski definition) is 1. The molecular formula is C12H19N3O2. The number of ether oxygens (including phenoxy) is 1. The standard InChI is InChI=1S/C12H19N3O2/c1-9-6-7-10(14(2)3)8-11(9)17-12(16)13-15(4)5/h6-8H,1-5H3,(H,13,16). The van der Waals surface area contributed by atoms with Gasteiger partial charge in [0.2, 0.25) is 0 Å². The van der Waals surface area contributed by atoms with Crippen LogP contribution in [0.5, 0.6) is 5.75 Å². The van der Waals surface area contributed by atoms with Gasteiger partial charge in [0.15, 0.2) is 0 Å². The van der Waals surface area contributed by atoms with Crippen molar-refractivity contribution in [2.45, 2.75) is 6.92 Å². The van der Waals surface area contributed by atoms with E-state index in [9.17, 15) is 4.79 Å². The van der Waals surface area contributed by atoms with Crippen molar-refractivity contribution >= 4 is 11.8 Å². The Labute approximate surface area is 102 Å². The molecule has 1 N–H and O–H groups in total. The van der Waals surface area contributed by atoms with Gasteiger partial charge >= 0.3 is 6.09 Å². The highest BCUT2D eigenvalue weighted by molar-refractivity contribution is 5.71. The smallest absolute Gasteiger partial charge is 0.409 e. The Morgan fingerprint density at radius 3 is 2.41 bits per heavy atom. The van der Waals surface area contributed by atoms with E-state index in [-0.39, 0.29) is 0 Å². The van der Waals surface area contributed by atoms with Gasteiger partial charge in [0.1, 0.15) is 5.75 Å². The molecule has 17 heavy (non-hydrogen) atoms.